The van der Waals surface area contributed by atoms with Gasteiger partial charge in [-0.25, -0.2) is 0 Å². The number of para-hydroxylation sites is 1. The molecule has 4 nitrogen and oxygen atoms in total. The van der Waals surface area contributed by atoms with Crippen LogP contribution in [0.2, 0.25) is 0 Å². The molecule has 0 aliphatic carbocycles. The van der Waals surface area contributed by atoms with Crippen molar-refractivity contribution in [1.29, 1.82) is 0 Å². The summed E-state index contributed by atoms with van der Waals surface area (Å²) in [5.41, 5.74) is 8.13. The average Bonchev–Trinajstić information content (AvgIpc) is 2.48. The SMILES string of the molecule is Cc1ccccc1NCCC(=O)N1CCC(C)CC1CN. The Balaban J connectivity index is 1.83. The van der Waals surface area contributed by atoms with Crippen LogP contribution in [0.3, 0.4) is 0 Å². The number of anilines is 1. The maximum absolute atomic E-state index is 12.4. The Morgan fingerprint density at radius 3 is 2.90 bits per heavy atom. The van der Waals surface area contributed by atoms with Crippen LogP contribution in [0.4, 0.5) is 5.69 Å². The molecule has 1 amide bonds. The minimum atomic E-state index is 0.221. The van der Waals surface area contributed by atoms with E-state index in [4.69, 9.17) is 5.73 Å². The van der Waals surface area contributed by atoms with Gasteiger partial charge in [0.15, 0.2) is 0 Å². The normalized spacial score (nSPS) is 22.1. The largest absolute Gasteiger partial charge is 0.384 e. The molecule has 1 fully saturated rings. The number of hydrogen-bond donors (Lipinski definition) is 2. The summed E-state index contributed by atoms with van der Waals surface area (Å²) in [5, 5.41) is 3.35. The van der Waals surface area contributed by atoms with E-state index in [0.29, 0.717) is 25.4 Å². The Morgan fingerprint density at radius 1 is 1.43 bits per heavy atom. The molecule has 0 bridgehead atoms. The van der Waals surface area contributed by atoms with Gasteiger partial charge in [0.1, 0.15) is 0 Å². The number of carbonyl (C=O) groups is 1. The quantitative estimate of drug-likeness (QED) is 0.875. The van der Waals surface area contributed by atoms with Gasteiger partial charge >= 0.3 is 0 Å². The zero-order valence-corrected chi connectivity index (χ0v) is 13.1. The van der Waals surface area contributed by atoms with Crippen molar-refractivity contribution in [2.45, 2.75) is 39.2 Å². The molecule has 0 saturated carbocycles. The standard InChI is InChI=1S/C17H27N3O/c1-13-8-10-20(15(11-13)12-18)17(21)7-9-19-16-6-4-3-5-14(16)2/h3-6,13,15,19H,7-12,18H2,1-2H3. The Kier molecular flexibility index (Phi) is 5.62. The second-order valence-corrected chi connectivity index (χ2v) is 6.10. The molecule has 1 aromatic carbocycles. The third kappa shape index (κ3) is 4.21. The summed E-state index contributed by atoms with van der Waals surface area (Å²) in [6.45, 7) is 6.41. The minimum absolute atomic E-state index is 0.221. The van der Waals surface area contributed by atoms with Crippen molar-refractivity contribution >= 4 is 11.6 Å². The van der Waals surface area contributed by atoms with Crippen molar-refractivity contribution in [2.24, 2.45) is 11.7 Å². The molecule has 2 rings (SSSR count). The third-order valence-electron chi connectivity index (χ3n) is 4.37. The molecule has 21 heavy (non-hydrogen) atoms. The lowest BCUT2D eigenvalue weighted by atomic mass is 9.92. The van der Waals surface area contributed by atoms with Gasteiger partial charge in [0.25, 0.3) is 0 Å². The summed E-state index contributed by atoms with van der Waals surface area (Å²) in [4.78, 5) is 14.4. The fourth-order valence-corrected chi connectivity index (χ4v) is 3.02. The number of likely N-dealkylation sites (tertiary alicyclic amines) is 1. The molecule has 3 N–H and O–H groups in total. The Bertz CT molecular complexity index is 475. The molecule has 1 aliphatic heterocycles. The van der Waals surface area contributed by atoms with Gasteiger partial charge in [-0.2, -0.15) is 0 Å². The van der Waals surface area contributed by atoms with Gasteiger partial charge in [0.2, 0.25) is 5.91 Å². The number of nitrogens with two attached hydrogens (primary N) is 1. The lowest BCUT2D eigenvalue weighted by molar-refractivity contribution is -0.135. The van der Waals surface area contributed by atoms with Crippen LogP contribution in [0, 0.1) is 12.8 Å². The van der Waals surface area contributed by atoms with Crippen LogP contribution >= 0.6 is 0 Å². The van der Waals surface area contributed by atoms with Gasteiger partial charge in [-0.15, -0.1) is 0 Å². The van der Waals surface area contributed by atoms with Gasteiger partial charge in [-0.05, 0) is 37.3 Å². The number of benzene rings is 1. The maximum atomic E-state index is 12.4. The minimum Gasteiger partial charge on any atom is -0.384 e. The van der Waals surface area contributed by atoms with Gasteiger partial charge < -0.3 is 16.0 Å². The van der Waals surface area contributed by atoms with E-state index in [1.165, 1.54) is 5.56 Å². The summed E-state index contributed by atoms with van der Waals surface area (Å²) in [6.07, 6.45) is 2.65. The molecule has 4 heteroatoms. The molecule has 1 aliphatic rings. The lowest BCUT2D eigenvalue weighted by Crippen LogP contribution is -2.49. The second-order valence-electron chi connectivity index (χ2n) is 6.10. The number of piperidine rings is 1. The van der Waals surface area contributed by atoms with Crippen LogP contribution in [-0.4, -0.2) is 36.5 Å². The fourth-order valence-electron chi connectivity index (χ4n) is 3.02. The van der Waals surface area contributed by atoms with Crippen molar-refractivity contribution in [2.75, 3.05) is 25.0 Å². The molecule has 2 unspecified atom stereocenters. The number of hydrogen-bond acceptors (Lipinski definition) is 3. The molecule has 1 aromatic rings. The molecule has 0 radical (unpaired) electrons. The summed E-state index contributed by atoms with van der Waals surface area (Å²) < 4.78 is 0. The zero-order chi connectivity index (χ0) is 15.2. The van der Waals surface area contributed by atoms with E-state index in [0.717, 1.165) is 25.1 Å². The Labute approximate surface area is 127 Å². The first-order chi connectivity index (χ1) is 10.1. The number of aryl methyl sites for hydroxylation is 1. The number of nitrogens with zero attached hydrogens (tertiary/aromatic N) is 1. The smallest absolute Gasteiger partial charge is 0.224 e. The van der Waals surface area contributed by atoms with Crippen molar-refractivity contribution in [3.63, 3.8) is 0 Å². The van der Waals surface area contributed by atoms with E-state index in [-0.39, 0.29) is 11.9 Å². The lowest BCUT2D eigenvalue weighted by Gasteiger charge is -2.38. The van der Waals surface area contributed by atoms with E-state index < -0.39 is 0 Å². The van der Waals surface area contributed by atoms with E-state index >= 15 is 0 Å². The molecule has 2 atom stereocenters. The maximum Gasteiger partial charge on any atom is 0.224 e. The monoisotopic (exact) mass is 289 g/mol. The molecule has 0 aromatic heterocycles. The number of carbonyl (C=O) groups excluding carboxylic acids is 1. The zero-order valence-electron chi connectivity index (χ0n) is 13.1. The summed E-state index contributed by atoms with van der Waals surface area (Å²) >= 11 is 0. The van der Waals surface area contributed by atoms with Crippen LogP contribution < -0.4 is 11.1 Å². The van der Waals surface area contributed by atoms with Crippen molar-refractivity contribution in [1.82, 2.24) is 4.90 Å². The second kappa shape index (κ2) is 7.46. The highest BCUT2D eigenvalue weighted by Gasteiger charge is 2.28. The van der Waals surface area contributed by atoms with E-state index in [1.807, 2.05) is 23.1 Å². The summed E-state index contributed by atoms with van der Waals surface area (Å²) in [5.74, 6) is 0.895. The third-order valence-corrected chi connectivity index (χ3v) is 4.37. The highest BCUT2D eigenvalue weighted by atomic mass is 16.2. The van der Waals surface area contributed by atoms with Crippen LogP contribution in [0.25, 0.3) is 0 Å². The van der Waals surface area contributed by atoms with Crippen molar-refractivity contribution in [3.05, 3.63) is 29.8 Å². The highest BCUT2D eigenvalue weighted by Crippen LogP contribution is 2.22. The van der Waals surface area contributed by atoms with Crippen LogP contribution in [0.1, 0.15) is 31.7 Å². The predicted molar refractivity (Wildman–Crippen MR) is 87.2 cm³/mol. The molecular formula is C17H27N3O. The van der Waals surface area contributed by atoms with Crippen LogP contribution in [-0.2, 0) is 4.79 Å². The number of amides is 1. The van der Waals surface area contributed by atoms with Crippen LogP contribution in [0.5, 0.6) is 0 Å². The van der Waals surface area contributed by atoms with Crippen molar-refractivity contribution in [3.8, 4) is 0 Å². The van der Waals surface area contributed by atoms with Gasteiger partial charge in [-0.1, -0.05) is 25.1 Å². The van der Waals surface area contributed by atoms with Crippen LogP contribution in [0.15, 0.2) is 24.3 Å². The number of rotatable bonds is 5. The van der Waals surface area contributed by atoms with E-state index in [2.05, 4.69) is 25.2 Å². The van der Waals surface area contributed by atoms with Gasteiger partial charge in [0, 0.05) is 37.8 Å². The molecule has 0 spiro atoms. The van der Waals surface area contributed by atoms with Gasteiger partial charge in [0.05, 0.1) is 0 Å². The van der Waals surface area contributed by atoms with E-state index in [9.17, 15) is 4.79 Å². The average molecular weight is 289 g/mol. The van der Waals surface area contributed by atoms with Gasteiger partial charge in [-0.3, -0.25) is 4.79 Å². The Morgan fingerprint density at radius 2 is 2.19 bits per heavy atom. The first-order valence-corrected chi connectivity index (χ1v) is 7.91. The molecular weight excluding hydrogens is 262 g/mol. The summed E-state index contributed by atoms with van der Waals surface area (Å²) in [6, 6.07) is 8.37. The molecule has 1 saturated heterocycles. The topological polar surface area (TPSA) is 58.4 Å². The summed E-state index contributed by atoms with van der Waals surface area (Å²) in [7, 11) is 0. The first kappa shape index (κ1) is 15.8. The predicted octanol–water partition coefficient (Wildman–Crippen LogP) is 2.38. The number of nitrogens with one attached hydrogen (secondary N) is 1. The fraction of sp³-hybridized carbons (Fsp3) is 0.588. The first-order valence-electron chi connectivity index (χ1n) is 7.91. The highest BCUT2D eigenvalue weighted by molar-refractivity contribution is 5.77. The molecule has 116 valence electrons. The molecule has 1 heterocycles. The Hall–Kier alpha value is -1.55. The van der Waals surface area contributed by atoms with Crippen molar-refractivity contribution < 1.29 is 4.79 Å². The van der Waals surface area contributed by atoms with E-state index in [1.54, 1.807) is 0 Å².